The van der Waals surface area contributed by atoms with Gasteiger partial charge in [-0.15, -0.1) is 10.2 Å². The van der Waals surface area contributed by atoms with Gasteiger partial charge < -0.3 is 0 Å². The summed E-state index contributed by atoms with van der Waals surface area (Å²) in [5.74, 6) is 0.908. The molecule has 0 aliphatic heterocycles. The average Bonchev–Trinajstić information content (AvgIpc) is 3.16. The molecule has 0 saturated carbocycles. The highest BCUT2D eigenvalue weighted by atomic mass is 15.3. The molecule has 0 saturated heterocycles. The monoisotopic (exact) mass is 261 g/mol. The van der Waals surface area contributed by atoms with E-state index in [1.807, 2.05) is 22.8 Å². The van der Waals surface area contributed by atoms with Gasteiger partial charge in [-0.05, 0) is 48.6 Å². The lowest BCUT2D eigenvalue weighted by Gasteiger charge is -2.08. The van der Waals surface area contributed by atoms with Crippen molar-refractivity contribution in [2.45, 2.75) is 19.3 Å². The first kappa shape index (κ1) is 11.4. The Kier molecular flexibility index (Phi) is 2.62. The van der Waals surface area contributed by atoms with Crippen molar-refractivity contribution in [1.29, 1.82) is 0 Å². The van der Waals surface area contributed by atoms with Gasteiger partial charge in [-0.1, -0.05) is 30.3 Å². The maximum absolute atomic E-state index is 4.30. The van der Waals surface area contributed by atoms with Gasteiger partial charge in [0.15, 0.2) is 5.82 Å². The third kappa shape index (κ3) is 1.83. The summed E-state index contributed by atoms with van der Waals surface area (Å²) >= 11 is 0. The van der Waals surface area contributed by atoms with Crippen LogP contribution >= 0.6 is 0 Å². The minimum Gasteiger partial charge on any atom is -0.282 e. The molecular formula is C17H15N3. The second-order valence-electron chi connectivity index (χ2n) is 5.20. The van der Waals surface area contributed by atoms with Crippen LogP contribution in [0.5, 0.6) is 0 Å². The van der Waals surface area contributed by atoms with Crippen LogP contribution in [-0.2, 0) is 12.8 Å². The van der Waals surface area contributed by atoms with Gasteiger partial charge in [-0.3, -0.25) is 4.57 Å². The van der Waals surface area contributed by atoms with Crippen LogP contribution in [0.15, 0.2) is 54.9 Å². The van der Waals surface area contributed by atoms with E-state index in [4.69, 9.17) is 0 Å². The predicted molar refractivity (Wildman–Crippen MR) is 78.8 cm³/mol. The van der Waals surface area contributed by atoms with E-state index in [9.17, 15) is 0 Å². The smallest absolute Gasteiger partial charge is 0.168 e. The Morgan fingerprint density at radius 3 is 2.65 bits per heavy atom. The number of aromatic nitrogens is 3. The van der Waals surface area contributed by atoms with E-state index in [1.54, 1.807) is 6.33 Å². The van der Waals surface area contributed by atoms with Crippen LogP contribution in [0.3, 0.4) is 0 Å². The molecule has 1 aliphatic rings. The molecule has 0 amide bonds. The highest BCUT2D eigenvalue weighted by Crippen LogP contribution is 2.28. The number of fused-ring (bicyclic) bond motifs is 1. The van der Waals surface area contributed by atoms with Crippen LogP contribution in [0.4, 0.5) is 0 Å². The van der Waals surface area contributed by atoms with Crippen molar-refractivity contribution >= 4 is 0 Å². The third-order valence-electron chi connectivity index (χ3n) is 3.94. The Morgan fingerprint density at radius 1 is 0.900 bits per heavy atom. The normalized spacial score (nSPS) is 13.4. The molecule has 3 heteroatoms. The zero-order valence-electron chi connectivity index (χ0n) is 11.2. The molecule has 1 aromatic heterocycles. The zero-order valence-corrected chi connectivity index (χ0v) is 11.2. The highest BCUT2D eigenvalue weighted by Gasteiger charge is 2.14. The van der Waals surface area contributed by atoms with Gasteiger partial charge in [0.1, 0.15) is 6.33 Å². The number of hydrogen-bond acceptors (Lipinski definition) is 2. The lowest BCUT2D eigenvalue weighted by Crippen LogP contribution is -1.96. The Balaban J connectivity index is 1.82. The number of nitrogens with zero attached hydrogens (tertiary/aromatic N) is 3. The summed E-state index contributed by atoms with van der Waals surface area (Å²) in [5, 5.41) is 8.38. The first-order chi connectivity index (χ1) is 9.92. The molecule has 0 spiro atoms. The minimum absolute atomic E-state index is 0.908. The van der Waals surface area contributed by atoms with Gasteiger partial charge in [0.05, 0.1) is 0 Å². The molecule has 0 N–H and O–H groups in total. The summed E-state index contributed by atoms with van der Waals surface area (Å²) < 4.78 is 2.04. The van der Waals surface area contributed by atoms with E-state index < -0.39 is 0 Å². The number of aryl methyl sites for hydroxylation is 2. The van der Waals surface area contributed by atoms with Crippen molar-refractivity contribution in [2.24, 2.45) is 0 Å². The van der Waals surface area contributed by atoms with E-state index in [2.05, 4.69) is 40.5 Å². The van der Waals surface area contributed by atoms with Crippen molar-refractivity contribution in [3.63, 3.8) is 0 Å². The summed E-state index contributed by atoms with van der Waals surface area (Å²) in [4.78, 5) is 0. The van der Waals surface area contributed by atoms with Crippen LogP contribution < -0.4 is 0 Å². The highest BCUT2D eigenvalue weighted by molar-refractivity contribution is 5.60. The largest absolute Gasteiger partial charge is 0.282 e. The van der Waals surface area contributed by atoms with E-state index in [1.165, 1.54) is 30.4 Å². The summed E-state index contributed by atoms with van der Waals surface area (Å²) in [6, 6.07) is 16.9. The molecule has 1 heterocycles. The molecule has 3 aromatic rings. The SMILES string of the molecule is c1ccc(-n2cnnc2-c2ccc3c(c2)CCC3)cc1. The van der Waals surface area contributed by atoms with Crippen molar-refractivity contribution < 1.29 is 0 Å². The zero-order chi connectivity index (χ0) is 13.4. The van der Waals surface area contributed by atoms with Gasteiger partial charge >= 0.3 is 0 Å². The second-order valence-corrected chi connectivity index (χ2v) is 5.20. The van der Waals surface area contributed by atoms with Crippen molar-refractivity contribution in [1.82, 2.24) is 14.8 Å². The predicted octanol–water partition coefficient (Wildman–Crippen LogP) is 3.42. The summed E-state index contributed by atoms with van der Waals surface area (Å²) in [6.07, 6.45) is 5.44. The molecule has 0 fully saturated rings. The quantitative estimate of drug-likeness (QED) is 0.707. The number of para-hydroxylation sites is 1. The molecule has 0 unspecified atom stereocenters. The number of rotatable bonds is 2. The lowest BCUT2D eigenvalue weighted by molar-refractivity contribution is 0.912. The topological polar surface area (TPSA) is 30.7 Å². The first-order valence-electron chi connectivity index (χ1n) is 6.99. The van der Waals surface area contributed by atoms with Crippen LogP contribution in [0.25, 0.3) is 17.1 Å². The molecule has 0 radical (unpaired) electrons. The molecule has 98 valence electrons. The Bertz CT molecular complexity index is 744. The van der Waals surface area contributed by atoms with E-state index in [-0.39, 0.29) is 0 Å². The van der Waals surface area contributed by atoms with Crippen LogP contribution in [0.1, 0.15) is 17.5 Å². The molecular weight excluding hydrogens is 246 g/mol. The lowest BCUT2D eigenvalue weighted by atomic mass is 10.1. The average molecular weight is 261 g/mol. The molecule has 1 aliphatic carbocycles. The molecule has 3 nitrogen and oxygen atoms in total. The van der Waals surface area contributed by atoms with Crippen molar-refractivity contribution in [3.8, 4) is 17.1 Å². The molecule has 2 aromatic carbocycles. The minimum atomic E-state index is 0.908. The van der Waals surface area contributed by atoms with Gasteiger partial charge in [-0.25, -0.2) is 0 Å². The molecule has 20 heavy (non-hydrogen) atoms. The van der Waals surface area contributed by atoms with Crippen LogP contribution in [-0.4, -0.2) is 14.8 Å². The molecule has 0 atom stereocenters. The van der Waals surface area contributed by atoms with E-state index >= 15 is 0 Å². The van der Waals surface area contributed by atoms with Crippen LogP contribution in [0.2, 0.25) is 0 Å². The van der Waals surface area contributed by atoms with E-state index in [0.29, 0.717) is 0 Å². The first-order valence-corrected chi connectivity index (χ1v) is 6.99. The van der Waals surface area contributed by atoms with Crippen molar-refractivity contribution in [2.75, 3.05) is 0 Å². The molecule has 4 rings (SSSR count). The van der Waals surface area contributed by atoms with Crippen molar-refractivity contribution in [3.05, 3.63) is 66.0 Å². The number of benzene rings is 2. The second kappa shape index (κ2) is 4.60. The standard InChI is InChI=1S/C17H15N3/c1-2-7-16(8-3-1)20-12-18-19-17(20)15-10-9-13-5-4-6-14(13)11-15/h1-3,7-12H,4-6H2. The fourth-order valence-corrected chi connectivity index (χ4v) is 2.92. The fourth-order valence-electron chi connectivity index (χ4n) is 2.92. The maximum Gasteiger partial charge on any atom is 0.168 e. The Morgan fingerprint density at radius 2 is 1.75 bits per heavy atom. The third-order valence-corrected chi connectivity index (χ3v) is 3.94. The fraction of sp³-hybridized carbons (Fsp3) is 0.176. The van der Waals surface area contributed by atoms with E-state index in [0.717, 1.165) is 17.1 Å². The number of hydrogen-bond donors (Lipinski definition) is 0. The summed E-state index contributed by atoms with van der Waals surface area (Å²) in [6.45, 7) is 0. The van der Waals surface area contributed by atoms with Gasteiger partial charge in [0, 0.05) is 11.3 Å². The summed E-state index contributed by atoms with van der Waals surface area (Å²) in [7, 11) is 0. The van der Waals surface area contributed by atoms with Gasteiger partial charge in [0.25, 0.3) is 0 Å². The Hall–Kier alpha value is -2.42. The maximum atomic E-state index is 4.30. The van der Waals surface area contributed by atoms with Crippen LogP contribution in [0, 0.1) is 0 Å². The van der Waals surface area contributed by atoms with Gasteiger partial charge in [-0.2, -0.15) is 0 Å². The molecule has 0 bridgehead atoms. The Labute approximate surface area is 117 Å². The summed E-state index contributed by atoms with van der Waals surface area (Å²) in [5.41, 5.74) is 5.18. The van der Waals surface area contributed by atoms with Gasteiger partial charge in [0.2, 0.25) is 0 Å².